The summed E-state index contributed by atoms with van der Waals surface area (Å²) >= 11 is 5.95. The second-order valence-electron chi connectivity index (χ2n) is 5.81. The number of benzene rings is 2. The second kappa shape index (κ2) is 7.55. The van der Waals surface area contributed by atoms with Gasteiger partial charge >= 0.3 is 0 Å². The highest BCUT2D eigenvalue weighted by Crippen LogP contribution is 2.21. The van der Waals surface area contributed by atoms with Crippen LogP contribution in [0.4, 0.5) is 15.8 Å². The van der Waals surface area contributed by atoms with Crippen molar-refractivity contribution in [2.24, 2.45) is 0 Å². The zero-order valence-corrected chi connectivity index (χ0v) is 15.2. The number of rotatable bonds is 4. The zero-order chi connectivity index (χ0) is 19.6. The highest BCUT2D eigenvalue weighted by atomic mass is 35.5. The lowest BCUT2D eigenvalue weighted by molar-refractivity contribution is -0.114. The van der Waals surface area contributed by atoms with E-state index in [9.17, 15) is 14.0 Å². The van der Waals surface area contributed by atoms with Crippen LogP contribution in [0.5, 0.6) is 0 Å². The molecule has 0 atom stereocenters. The molecule has 2 amide bonds. The van der Waals surface area contributed by atoms with Gasteiger partial charge in [-0.25, -0.2) is 9.07 Å². The van der Waals surface area contributed by atoms with Crippen LogP contribution >= 0.6 is 11.6 Å². The van der Waals surface area contributed by atoms with E-state index in [1.807, 2.05) is 6.92 Å². The maximum absolute atomic E-state index is 13.8. The molecule has 3 aromatic rings. The minimum absolute atomic E-state index is 0.0102. The first-order chi connectivity index (χ1) is 12.8. The molecule has 2 N–H and O–H groups in total. The average molecular weight is 388 g/mol. The third-order valence-electron chi connectivity index (χ3n) is 3.70. The van der Waals surface area contributed by atoms with Gasteiger partial charge in [0.25, 0.3) is 5.91 Å². The molecule has 3 rings (SSSR count). The number of aryl methyl sites for hydroxylation is 1. The van der Waals surface area contributed by atoms with Gasteiger partial charge in [-0.3, -0.25) is 9.59 Å². The molecule has 0 aliphatic rings. The molecule has 0 spiro atoms. The standard InChI is InChI=1S/C18H15ClFN5O2/c1-10-3-4-12(19)7-15(10)22-18(27)17-9-25(24-23-17)13-5-6-14(20)16(8-13)21-11(2)26/h3-9H,1-2H3,(H,21,26)(H,22,27). The van der Waals surface area contributed by atoms with E-state index >= 15 is 0 Å². The maximum Gasteiger partial charge on any atom is 0.277 e. The monoisotopic (exact) mass is 387 g/mol. The van der Waals surface area contributed by atoms with Crippen LogP contribution in [-0.2, 0) is 4.79 Å². The number of hydrogen-bond donors (Lipinski definition) is 2. The summed E-state index contributed by atoms with van der Waals surface area (Å²) in [7, 11) is 0. The third-order valence-corrected chi connectivity index (χ3v) is 3.93. The molecule has 0 aliphatic heterocycles. The van der Waals surface area contributed by atoms with Crippen molar-refractivity contribution in [1.29, 1.82) is 0 Å². The van der Waals surface area contributed by atoms with Crippen LogP contribution in [0.1, 0.15) is 23.0 Å². The Kier molecular flexibility index (Phi) is 5.18. The van der Waals surface area contributed by atoms with Crippen molar-refractivity contribution in [3.05, 3.63) is 64.7 Å². The average Bonchev–Trinajstić information content (AvgIpc) is 3.10. The van der Waals surface area contributed by atoms with Gasteiger partial charge in [0.15, 0.2) is 5.69 Å². The number of amides is 2. The molecule has 1 heterocycles. The fourth-order valence-corrected chi connectivity index (χ4v) is 2.52. The molecular weight excluding hydrogens is 373 g/mol. The molecule has 1 aromatic heterocycles. The van der Waals surface area contributed by atoms with Crippen LogP contribution in [0.2, 0.25) is 5.02 Å². The normalized spacial score (nSPS) is 10.5. The van der Waals surface area contributed by atoms with Crippen LogP contribution in [0.15, 0.2) is 42.6 Å². The number of nitrogens with one attached hydrogen (secondary N) is 2. The van der Waals surface area contributed by atoms with Crippen molar-refractivity contribution in [3.8, 4) is 5.69 Å². The fraction of sp³-hybridized carbons (Fsp3) is 0.111. The minimum atomic E-state index is -0.580. The summed E-state index contributed by atoms with van der Waals surface area (Å²) in [6, 6.07) is 9.20. The molecule has 7 nitrogen and oxygen atoms in total. The maximum atomic E-state index is 13.8. The van der Waals surface area contributed by atoms with Gasteiger partial charge in [0, 0.05) is 17.6 Å². The first-order valence-electron chi connectivity index (χ1n) is 7.91. The quantitative estimate of drug-likeness (QED) is 0.716. The van der Waals surface area contributed by atoms with Crippen LogP contribution in [-0.4, -0.2) is 26.8 Å². The molecule has 0 unspecified atom stereocenters. The largest absolute Gasteiger partial charge is 0.324 e. The number of anilines is 2. The van der Waals surface area contributed by atoms with E-state index in [1.54, 1.807) is 18.2 Å². The number of hydrogen-bond acceptors (Lipinski definition) is 4. The lowest BCUT2D eigenvalue weighted by Gasteiger charge is -2.07. The van der Waals surface area contributed by atoms with Gasteiger partial charge < -0.3 is 10.6 Å². The van der Waals surface area contributed by atoms with Gasteiger partial charge in [-0.05, 0) is 42.8 Å². The number of aromatic nitrogens is 3. The van der Waals surface area contributed by atoms with Crippen molar-refractivity contribution in [2.75, 3.05) is 10.6 Å². The Hall–Kier alpha value is -3.26. The highest BCUT2D eigenvalue weighted by Gasteiger charge is 2.14. The molecule has 2 aromatic carbocycles. The van der Waals surface area contributed by atoms with Gasteiger partial charge in [0.05, 0.1) is 17.6 Å². The Morgan fingerprint density at radius 3 is 2.63 bits per heavy atom. The SMILES string of the molecule is CC(=O)Nc1cc(-n2cc(C(=O)Nc3cc(Cl)ccc3C)nn2)ccc1F. The van der Waals surface area contributed by atoms with Crippen molar-refractivity contribution in [2.45, 2.75) is 13.8 Å². The van der Waals surface area contributed by atoms with Crippen molar-refractivity contribution >= 4 is 34.8 Å². The first-order valence-corrected chi connectivity index (χ1v) is 8.28. The lowest BCUT2D eigenvalue weighted by atomic mass is 10.2. The van der Waals surface area contributed by atoms with Crippen LogP contribution < -0.4 is 10.6 Å². The van der Waals surface area contributed by atoms with Gasteiger partial charge in [0.1, 0.15) is 5.82 Å². The van der Waals surface area contributed by atoms with Crippen molar-refractivity contribution < 1.29 is 14.0 Å². The molecule has 0 radical (unpaired) electrons. The lowest BCUT2D eigenvalue weighted by Crippen LogP contribution is -2.13. The van der Waals surface area contributed by atoms with E-state index in [1.165, 1.54) is 36.0 Å². The van der Waals surface area contributed by atoms with Gasteiger partial charge in [0.2, 0.25) is 5.91 Å². The number of nitrogens with zero attached hydrogens (tertiary/aromatic N) is 3. The van der Waals surface area contributed by atoms with E-state index in [2.05, 4.69) is 20.9 Å². The summed E-state index contributed by atoms with van der Waals surface area (Å²) in [5.41, 5.74) is 1.93. The summed E-state index contributed by atoms with van der Waals surface area (Å²) < 4.78 is 15.1. The molecular formula is C18H15ClFN5O2. The number of halogens is 2. The third kappa shape index (κ3) is 4.29. The molecule has 138 valence electrons. The Morgan fingerprint density at radius 2 is 1.89 bits per heavy atom. The van der Waals surface area contributed by atoms with Crippen molar-refractivity contribution in [3.63, 3.8) is 0 Å². The van der Waals surface area contributed by atoms with E-state index in [0.717, 1.165) is 5.56 Å². The van der Waals surface area contributed by atoms with Crippen LogP contribution in [0.25, 0.3) is 5.69 Å². The molecule has 9 heteroatoms. The molecule has 0 bridgehead atoms. The molecule has 0 saturated carbocycles. The van der Waals surface area contributed by atoms with E-state index < -0.39 is 17.6 Å². The Labute approximate surface area is 159 Å². The summed E-state index contributed by atoms with van der Waals surface area (Å²) in [4.78, 5) is 23.6. The smallest absolute Gasteiger partial charge is 0.277 e. The number of carbonyl (C=O) groups is 2. The summed E-state index contributed by atoms with van der Waals surface area (Å²) in [6.45, 7) is 3.12. The van der Waals surface area contributed by atoms with E-state index in [4.69, 9.17) is 11.6 Å². The fourth-order valence-electron chi connectivity index (χ4n) is 2.35. The zero-order valence-electron chi connectivity index (χ0n) is 14.5. The van der Waals surface area contributed by atoms with Crippen LogP contribution in [0.3, 0.4) is 0 Å². The second-order valence-corrected chi connectivity index (χ2v) is 6.24. The van der Waals surface area contributed by atoms with Gasteiger partial charge in [-0.2, -0.15) is 0 Å². The Bertz CT molecular complexity index is 1030. The Morgan fingerprint density at radius 1 is 1.11 bits per heavy atom. The summed E-state index contributed by atoms with van der Waals surface area (Å²) in [6.07, 6.45) is 1.40. The molecule has 0 saturated heterocycles. The van der Waals surface area contributed by atoms with E-state index in [0.29, 0.717) is 16.4 Å². The predicted octanol–water partition coefficient (Wildman–Crippen LogP) is 3.58. The highest BCUT2D eigenvalue weighted by molar-refractivity contribution is 6.31. The minimum Gasteiger partial charge on any atom is -0.324 e. The van der Waals surface area contributed by atoms with Crippen LogP contribution in [0, 0.1) is 12.7 Å². The summed E-state index contributed by atoms with van der Waals surface area (Å²) in [5.74, 6) is -1.44. The van der Waals surface area contributed by atoms with E-state index in [-0.39, 0.29) is 11.4 Å². The Balaban J connectivity index is 1.83. The molecule has 0 fully saturated rings. The first kappa shape index (κ1) is 18.5. The summed E-state index contributed by atoms with van der Waals surface area (Å²) in [5, 5.41) is 13.3. The van der Waals surface area contributed by atoms with Gasteiger partial charge in [-0.15, -0.1) is 5.10 Å². The molecule has 0 aliphatic carbocycles. The van der Waals surface area contributed by atoms with Crippen molar-refractivity contribution in [1.82, 2.24) is 15.0 Å². The number of carbonyl (C=O) groups excluding carboxylic acids is 2. The molecule has 27 heavy (non-hydrogen) atoms. The van der Waals surface area contributed by atoms with Gasteiger partial charge in [-0.1, -0.05) is 22.9 Å². The topological polar surface area (TPSA) is 88.9 Å². The predicted molar refractivity (Wildman–Crippen MR) is 99.8 cm³/mol.